The van der Waals surface area contributed by atoms with Crippen molar-refractivity contribution in [3.05, 3.63) is 71.7 Å². The largest absolute Gasteiger partial charge is 0.507 e. The van der Waals surface area contributed by atoms with Crippen LogP contribution in [0.15, 0.2) is 59.7 Å². The number of phenols is 1. The molecule has 4 rings (SSSR count). The van der Waals surface area contributed by atoms with Crippen molar-refractivity contribution in [2.75, 3.05) is 0 Å². The Bertz CT molecular complexity index is 1130. The highest BCUT2D eigenvalue weighted by Gasteiger charge is 2.28. The van der Waals surface area contributed by atoms with Gasteiger partial charge in [-0.25, -0.2) is 9.38 Å². The van der Waals surface area contributed by atoms with Gasteiger partial charge >= 0.3 is 0 Å². The van der Waals surface area contributed by atoms with Crippen molar-refractivity contribution in [3.63, 3.8) is 0 Å². The van der Waals surface area contributed by atoms with E-state index >= 15 is 0 Å². The highest BCUT2D eigenvalue weighted by Crippen LogP contribution is 2.30. The molecule has 1 saturated carbocycles. The lowest BCUT2D eigenvalue weighted by molar-refractivity contribution is -0.121. The molecule has 2 N–H and O–H groups in total. The number of nitrogens with one attached hydrogen (secondary N) is 1. The summed E-state index contributed by atoms with van der Waals surface area (Å²) in [5.74, 6) is 0.493. The Morgan fingerprint density at radius 1 is 1.11 bits per heavy atom. The maximum absolute atomic E-state index is 13.2. The molecule has 1 heterocycles. The van der Waals surface area contributed by atoms with Crippen LogP contribution in [0.5, 0.6) is 11.5 Å². The zero-order valence-electron chi connectivity index (χ0n) is 20.6. The van der Waals surface area contributed by atoms with E-state index in [2.05, 4.69) is 10.3 Å². The number of halogens is 1. The van der Waals surface area contributed by atoms with E-state index in [-0.39, 0.29) is 29.3 Å². The molecule has 1 fully saturated rings. The summed E-state index contributed by atoms with van der Waals surface area (Å²) in [5, 5.41) is 13.1. The summed E-state index contributed by atoms with van der Waals surface area (Å²) >= 11 is 0. The average Bonchev–Trinajstić information content (AvgIpc) is 2.86. The highest BCUT2D eigenvalue weighted by molar-refractivity contribution is 6.03. The number of carbonyl (C=O) groups is 2. The van der Waals surface area contributed by atoms with Gasteiger partial charge in [-0.15, -0.1) is 0 Å². The van der Waals surface area contributed by atoms with Gasteiger partial charge in [-0.3, -0.25) is 9.59 Å². The fourth-order valence-electron chi connectivity index (χ4n) is 4.94. The van der Waals surface area contributed by atoms with Crippen LogP contribution in [0.25, 0.3) is 0 Å². The van der Waals surface area contributed by atoms with Crippen molar-refractivity contribution in [1.82, 2.24) is 5.32 Å². The Balaban J connectivity index is 1.19. The second kappa shape index (κ2) is 12.0. The number of ketones is 1. The van der Waals surface area contributed by atoms with Gasteiger partial charge in [-0.05, 0) is 93.3 Å². The second-order valence-corrected chi connectivity index (χ2v) is 9.77. The predicted octanol–water partition coefficient (Wildman–Crippen LogP) is 5.88. The van der Waals surface area contributed by atoms with Gasteiger partial charge in [0, 0.05) is 18.7 Å². The number of aromatic hydroxyl groups is 1. The molecule has 6 nitrogen and oxygen atoms in total. The number of ether oxygens (including phenoxy) is 1. The van der Waals surface area contributed by atoms with Gasteiger partial charge in [-0.1, -0.05) is 18.6 Å². The lowest BCUT2D eigenvalue weighted by Gasteiger charge is -2.29. The van der Waals surface area contributed by atoms with Gasteiger partial charge in [0.2, 0.25) is 5.90 Å². The van der Waals surface area contributed by atoms with Crippen LogP contribution >= 0.6 is 0 Å². The van der Waals surface area contributed by atoms with Gasteiger partial charge < -0.3 is 15.2 Å². The smallest absolute Gasteiger partial charge is 0.255 e. The van der Waals surface area contributed by atoms with Crippen molar-refractivity contribution >= 4 is 17.6 Å². The van der Waals surface area contributed by atoms with Crippen molar-refractivity contribution in [2.45, 2.75) is 64.3 Å². The first-order valence-electron chi connectivity index (χ1n) is 12.7. The molecule has 1 atom stereocenters. The van der Waals surface area contributed by atoms with E-state index in [1.165, 1.54) is 24.3 Å². The number of hydrogen-bond donors (Lipinski definition) is 2. The number of phenolic OH excluding ortho intramolecular Hbond substituents is 1. The van der Waals surface area contributed by atoms with E-state index in [0.717, 1.165) is 44.1 Å². The summed E-state index contributed by atoms with van der Waals surface area (Å²) in [4.78, 5) is 29.7. The zero-order valence-corrected chi connectivity index (χ0v) is 20.6. The zero-order chi connectivity index (χ0) is 25.5. The number of allylic oxidation sites excluding steroid dienone is 1. The number of aliphatic imine (C=N–C) groups is 1. The third-order valence-electron chi connectivity index (χ3n) is 7.02. The topological polar surface area (TPSA) is 88.0 Å². The summed E-state index contributed by atoms with van der Waals surface area (Å²) in [6, 6.07) is 10.9. The third-order valence-corrected chi connectivity index (χ3v) is 7.02. The predicted molar refractivity (Wildman–Crippen MR) is 137 cm³/mol. The van der Waals surface area contributed by atoms with Crippen molar-refractivity contribution in [1.29, 1.82) is 0 Å². The Morgan fingerprint density at radius 2 is 1.86 bits per heavy atom. The number of aryl methyl sites for hydroxylation is 1. The molecule has 1 amide bonds. The minimum absolute atomic E-state index is 0.00979. The van der Waals surface area contributed by atoms with Crippen LogP contribution in [-0.4, -0.2) is 28.7 Å². The Morgan fingerprint density at radius 3 is 2.58 bits per heavy atom. The molecule has 0 bridgehead atoms. The average molecular weight is 493 g/mol. The first-order valence-corrected chi connectivity index (χ1v) is 12.7. The molecule has 1 aliphatic heterocycles. The van der Waals surface area contributed by atoms with Crippen LogP contribution in [-0.2, 0) is 4.79 Å². The Labute approximate surface area is 211 Å². The molecular weight excluding hydrogens is 459 g/mol. The molecular formula is C29H33FN2O4. The monoisotopic (exact) mass is 492 g/mol. The number of Topliss-reactive ketones (excluding diaryl/α,β-unsaturated/α-hetero) is 1. The van der Waals surface area contributed by atoms with Crippen LogP contribution in [0.4, 0.5) is 4.39 Å². The number of carbonyl (C=O) groups excluding carboxylic acids is 2. The standard InChI is InChI=1S/C29H33FN2O4/c1-19-7-16-24(27(34)18-19)28(35)32-22-12-8-20(9-13-22)4-2-6-26(33)25-5-3-17-31-29(25)36-23-14-10-21(30)11-15-23/h3,7,10-11,14-18,20,22,25,34H,2,4-6,8-9,12-13H2,1H3,(H,32,35). The minimum atomic E-state index is -0.413. The van der Waals surface area contributed by atoms with Crippen LogP contribution in [0.1, 0.15) is 67.3 Å². The SMILES string of the molecule is Cc1ccc(C(=O)NC2CCC(CCCC(=O)C3CC=CN=C3Oc3ccc(F)cc3)CC2)c(O)c1. The van der Waals surface area contributed by atoms with Crippen LogP contribution < -0.4 is 10.1 Å². The maximum Gasteiger partial charge on any atom is 0.255 e. The molecule has 2 aromatic rings. The van der Waals surface area contributed by atoms with Crippen LogP contribution in [0.2, 0.25) is 0 Å². The maximum atomic E-state index is 13.2. The fourth-order valence-corrected chi connectivity index (χ4v) is 4.94. The molecule has 7 heteroatoms. The lowest BCUT2D eigenvalue weighted by atomic mass is 9.82. The van der Waals surface area contributed by atoms with Crippen LogP contribution in [0, 0.1) is 24.6 Å². The molecule has 190 valence electrons. The quantitative estimate of drug-likeness (QED) is 0.482. The Hall–Kier alpha value is -3.48. The van der Waals surface area contributed by atoms with Crippen molar-refractivity contribution in [2.24, 2.45) is 16.8 Å². The van der Waals surface area contributed by atoms with Gasteiger partial charge in [0.25, 0.3) is 5.91 Å². The number of nitrogens with zero attached hydrogens (tertiary/aromatic N) is 1. The number of amides is 1. The molecule has 0 aromatic heterocycles. The molecule has 36 heavy (non-hydrogen) atoms. The minimum Gasteiger partial charge on any atom is -0.507 e. The van der Waals surface area contributed by atoms with Gasteiger partial charge in [0.05, 0.1) is 11.5 Å². The molecule has 1 aliphatic carbocycles. The number of benzene rings is 2. The van der Waals surface area contributed by atoms with Crippen molar-refractivity contribution < 1.29 is 23.8 Å². The fraction of sp³-hybridized carbons (Fsp3) is 0.414. The first kappa shape index (κ1) is 25.6. The first-order chi connectivity index (χ1) is 17.4. The molecule has 1 unspecified atom stereocenters. The summed E-state index contributed by atoms with van der Waals surface area (Å²) in [6.45, 7) is 1.87. The van der Waals surface area contributed by atoms with Gasteiger partial charge in [-0.2, -0.15) is 0 Å². The van der Waals surface area contributed by atoms with Gasteiger partial charge in [0.15, 0.2) is 0 Å². The second-order valence-electron chi connectivity index (χ2n) is 9.77. The summed E-state index contributed by atoms with van der Waals surface area (Å²) in [6.07, 6.45) is 10.1. The van der Waals surface area contributed by atoms with E-state index in [0.29, 0.717) is 36.0 Å². The highest BCUT2D eigenvalue weighted by atomic mass is 19.1. The normalized spacial score (nSPS) is 21.5. The molecule has 2 aromatic carbocycles. The van der Waals surface area contributed by atoms with Gasteiger partial charge in [0.1, 0.15) is 23.1 Å². The van der Waals surface area contributed by atoms with Crippen LogP contribution in [0.3, 0.4) is 0 Å². The summed E-state index contributed by atoms with van der Waals surface area (Å²) in [5.41, 5.74) is 1.22. The van der Waals surface area contributed by atoms with E-state index in [9.17, 15) is 19.1 Å². The molecule has 2 aliphatic rings. The molecule has 0 spiro atoms. The summed E-state index contributed by atoms with van der Waals surface area (Å²) in [7, 11) is 0. The van der Waals surface area contributed by atoms with Crippen molar-refractivity contribution in [3.8, 4) is 11.5 Å². The van der Waals surface area contributed by atoms with E-state index < -0.39 is 5.92 Å². The molecule has 0 radical (unpaired) electrons. The number of hydrogen-bond acceptors (Lipinski definition) is 5. The summed E-state index contributed by atoms with van der Waals surface area (Å²) < 4.78 is 18.9. The van der Waals surface area contributed by atoms with E-state index in [1.807, 2.05) is 19.1 Å². The number of rotatable bonds is 8. The lowest BCUT2D eigenvalue weighted by Crippen LogP contribution is -2.37. The van der Waals surface area contributed by atoms with E-state index in [1.54, 1.807) is 18.3 Å². The Kier molecular flexibility index (Phi) is 8.52. The third kappa shape index (κ3) is 6.80. The van der Waals surface area contributed by atoms with E-state index in [4.69, 9.17) is 4.74 Å². The molecule has 0 saturated heterocycles.